The molecule has 0 radical (unpaired) electrons. The third kappa shape index (κ3) is 2.64. The van der Waals surface area contributed by atoms with Gasteiger partial charge >= 0.3 is 0 Å². The lowest BCUT2D eigenvalue weighted by Crippen LogP contribution is -1.97. The van der Waals surface area contributed by atoms with Crippen LogP contribution in [0, 0.1) is 13.8 Å². The summed E-state index contributed by atoms with van der Waals surface area (Å²) in [5.41, 5.74) is 4.74. The van der Waals surface area contributed by atoms with Crippen molar-refractivity contribution in [3.8, 4) is 22.5 Å². The summed E-state index contributed by atoms with van der Waals surface area (Å²) in [6.07, 6.45) is 3.49. The van der Waals surface area contributed by atoms with E-state index in [0.29, 0.717) is 5.15 Å². The number of rotatable bonds is 2. The van der Waals surface area contributed by atoms with Crippen molar-refractivity contribution < 1.29 is 0 Å². The Morgan fingerprint density at radius 2 is 1.86 bits per heavy atom. The van der Waals surface area contributed by atoms with Crippen LogP contribution in [0.5, 0.6) is 0 Å². The first-order chi connectivity index (χ1) is 10.0. The van der Waals surface area contributed by atoms with Gasteiger partial charge in [-0.3, -0.25) is 4.98 Å². The molecule has 0 spiro atoms. The largest absolute Gasteiger partial charge is 0.317 e. The fourth-order valence-corrected chi connectivity index (χ4v) is 2.54. The monoisotopic (exact) mass is 299 g/mol. The van der Waals surface area contributed by atoms with E-state index in [1.165, 1.54) is 0 Å². The first-order valence-corrected chi connectivity index (χ1v) is 6.88. The Balaban J connectivity index is 2.26. The van der Waals surface area contributed by atoms with Gasteiger partial charge in [0.2, 0.25) is 0 Å². The maximum Gasteiger partial charge on any atom is 0.165 e. The van der Waals surface area contributed by atoms with Gasteiger partial charge in [0.25, 0.3) is 0 Å². The summed E-state index contributed by atoms with van der Waals surface area (Å²) in [6.45, 7) is 3.88. The molecule has 0 saturated carbocycles. The van der Waals surface area contributed by atoms with E-state index in [4.69, 9.17) is 11.6 Å². The molecule has 5 nitrogen and oxygen atoms in total. The molecule has 0 fully saturated rings. The molecule has 0 aliphatic rings. The minimum atomic E-state index is 0.475. The molecule has 0 unspecified atom stereocenters. The summed E-state index contributed by atoms with van der Waals surface area (Å²) in [7, 11) is 1.91. The minimum absolute atomic E-state index is 0.475. The Morgan fingerprint density at radius 3 is 2.52 bits per heavy atom. The molecule has 0 aliphatic heterocycles. The van der Waals surface area contributed by atoms with Crippen LogP contribution in [0.4, 0.5) is 0 Å². The van der Waals surface area contributed by atoms with Gasteiger partial charge in [-0.25, -0.2) is 4.98 Å². The van der Waals surface area contributed by atoms with Gasteiger partial charge in [0, 0.05) is 30.2 Å². The van der Waals surface area contributed by atoms with Gasteiger partial charge in [-0.05, 0) is 43.2 Å². The molecule has 21 heavy (non-hydrogen) atoms. The second kappa shape index (κ2) is 5.26. The summed E-state index contributed by atoms with van der Waals surface area (Å²) in [4.78, 5) is 8.59. The van der Waals surface area contributed by atoms with Crippen LogP contribution in [0.15, 0.2) is 30.7 Å². The van der Waals surface area contributed by atoms with Gasteiger partial charge in [0.05, 0.1) is 0 Å². The van der Waals surface area contributed by atoms with E-state index in [2.05, 4.69) is 20.2 Å². The molecule has 0 saturated heterocycles. The lowest BCUT2D eigenvalue weighted by atomic mass is 10.0. The van der Waals surface area contributed by atoms with Crippen molar-refractivity contribution in [2.24, 2.45) is 7.05 Å². The van der Waals surface area contributed by atoms with Gasteiger partial charge < -0.3 is 4.57 Å². The molecule has 0 N–H and O–H groups in total. The third-order valence-electron chi connectivity index (χ3n) is 3.23. The molecule has 0 atom stereocenters. The van der Waals surface area contributed by atoms with E-state index in [0.717, 1.165) is 33.9 Å². The summed E-state index contributed by atoms with van der Waals surface area (Å²) in [5.74, 6) is 0.767. The van der Waals surface area contributed by atoms with Gasteiger partial charge in [0.15, 0.2) is 5.82 Å². The van der Waals surface area contributed by atoms with E-state index in [-0.39, 0.29) is 0 Å². The molecule has 0 amide bonds. The molecule has 3 rings (SSSR count). The van der Waals surface area contributed by atoms with Crippen molar-refractivity contribution in [3.63, 3.8) is 0 Å². The topological polar surface area (TPSA) is 56.5 Å². The van der Waals surface area contributed by atoms with E-state index in [9.17, 15) is 0 Å². The van der Waals surface area contributed by atoms with Crippen LogP contribution in [-0.2, 0) is 7.05 Å². The lowest BCUT2D eigenvalue weighted by molar-refractivity contribution is 0.918. The zero-order valence-corrected chi connectivity index (χ0v) is 12.8. The Morgan fingerprint density at radius 1 is 1.05 bits per heavy atom. The minimum Gasteiger partial charge on any atom is -0.317 e. The zero-order valence-electron chi connectivity index (χ0n) is 12.0. The van der Waals surface area contributed by atoms with E-state index in [1.54, 1.807) is 6.33 Å². The lowest BCUT2D eigenvalue weighted by Gasteiger charge is -2.11. The van der Waals surface area contributed by atoms with Crippen molar-refractivity contribution in [1.29, 1.82) is 0 Å². The van der Waals surface area contributed by atoms with Crippen LogP contribution >= 0.6 is 11.6 Å². The highest BCUT2D eigenvalue weighted by molar-refractivity contribution is 6.29. The summed E-state index contributed by atoms with van der Waals surface area (Å²) >= 11 is 6.09. The van der Waals surface area contributed by atoms with Crippen LogP contribution in [0.25, 0.3) is 22.5 Å². The second-order valence-corrected chi connectivity index (χ2v) is 5.34. The standard InChI is InChI=1S/C15H14ClN5/c1-9-5-12(11-4-10(2)19-14(16)6-11)13(7-17-9)15-20-18-8-21(15)3/h4-8H,1-3H3. The molecule has 3 aromatic heterocycles. The predicted octanol–water partition coefficient (Wildman–Crippen LogP) is 3.21. The predicted molar refractivity (Wildman–Crippen MR) is 81.9 cm³/mol. The second-order valence-electron chi connectivity index (χ2n) is 4.96. The van der Waals surface area contributed by atoms with Crippen LogP contribution < -0.4 is 0 Å². The van der Waals surface area contributed by atoms with Gasteiger partial charge in [-0.1, -0.05) is 11.6 Å². The van der Waals surface area contributed by atoms with Crippen molar-refractivity contribution in [2.75, 3.05) is 0 Å². The van der Waals surface area contributed by atoms with Crippen LogP contribution in [0.3, 0.4) is 0 Å². The number of hydrogen-bond donors (Lipinski definition) is 0. The average molecular weight is 300 g/mol. The molecular formula is C15H14ClN5. The first kappa shape index (κ1) is 13.7. The number of aryl methyl sites for hydroxylation is 3. The van der Waals surface area contributed by atoms with E-state index in [1.807, 2.05) is 49.9 Å². The third-order valence-corrected chi connectivity index (χ3v) is 3.42. The van der Waals surface area contributed by atoms with Crippen LogP contribution in [0.2, 0.25) is 5.15 Å². The fourth-order valence-electron chi connectivity index (χ4n) is 2.29. The van der Waals surface area contributed by atoms with Crippen molar-refractivity contribution in [3.05, 3.63) is 47.3 Å². The average Bonchev–Trinajstić information content (AvgIpc) is 2.84. The highest BCUT2D eigenvalue weighted by Gasteiger charge is 2.14. The molecule has 0 bridgehead atoms. The molecule has 3 heterocycles. The molecule has 3 aromatic rings. The van der Waals surface area contributed by atoms with Gasteiger partial charge in [-0.15, -0.1) is 10.2 Å². The highest BCUT2D eigenvalue weighted by Crippen LogP contribution is 2.32. The maximum atomic E-state index is 6.09. The van der Waals surface area contributed by atoms with Gasteiger partial charge in [-0.2, -0.15) is 0 Å². The molecule has 6 heteroatoms. The van der Waals surface area contributed by atoms with Crippen molar-refractivity contribution >= 4 is 11.6 Å². The molecule has 0 aliphatic carbocycles. The van der Waals surface area contributed by atoms with Crippen molar-refractivity contribution in [2.45, 2.75) is 13.8 Å². The SMILES string of the molecule is Cc1cc(-c2cc(C)nc(Cl)c2)c(-c2nncn2C)cn1. The van der Waals surface area contributed by atoms with Crippen LogP contribution in [-0.4, -0.2) is 24.7 Å². The summed E-state index contributed by atoms with van der Waals surface area (Å²) in [6, 6.07) is 5.87. The maximum absolute atomic E-state index is 6.09. The number of hydrogen-bond acceptors (Lipinski definition) is 4. The fraction of sp³-hybridized carbons (Fsp3) is 0.200. The number of pyridine rings is 2. The normalized spacial score (nSPS) is 10.9. The summed E-state index contributed by atoms with van der Waals surface area (Å²) in [5, 5.41) is 8.58. The molecule has 106 valence electrons. The van der Waals surface area contributed by atoms with Crippen LogP contribution in [0.1, 0.15) is 11.4 Å². The number of nitrogens with zero attached hydrogens (tertiary/aromatic N) is 5. The Kier molecular flexibility index (Phi) is 3.43. The van der Waals surface area contributed by atoms with Crippen molar-refractivity contribution in [1.82, 2.24) is 24.7 Å². The van der Waals surface area contributed by atoms with E-state index >= 15 is 0 Å². The first-order valence-electron chi connectivity index (χ1n) is 6.50. The Hall–Kier alpha value is -2.27. The Labute approximate surface area is 127 Å². The smallest absolute Gasteiger partial charge is 0.165 e. The highest BCUT2D eigenvalue weighted by atomic mass is 35.5. The van der Waals surface area contributed by atoms with E-state index < -0.39 is 0 Å². The number of halogens is 1. The quantitative estimate of drug-likeness (QED) is 0.682. The summed E-state index contributed by atoms with van der Waals surface area (Å²) < 4.78 is 1.87. The number of aromatic nitrogens is 5. The molecule has 0 aromatic carbocycles. The Bertz CT molecular complexity index is 789. The van der Waals surface area contributed by atoms with Gasteiger partial charge in [0.1, 0.15) is 11.5 Å². The molecular weight excluding hydrogens is 286 g/mol. The zero-order chi connectivity index (χ0) is 15.0.